The number of rotatable bonds is 51. The van der Waals surface area contributed by atoms with Crippen molar-refractivity contribution in [1.29, 1.82) is 0 Å². The van der Waals surface area contributed by atoms with Gasteiger partial charge in [-0.15, -0.1) is 0 Å². The second-order valence-corrected chi connectivity index (χ2v) is 18.9. The maximum atomic E-state index is 12.9. The van der Waals surface area contributed by atoms with E-state index in [0.29, 0.717) is 19.3 Å². The van der Waals surface area contributed by atoms with Gasteiger partial charge in [-0.05, 0) is 83.5 Å². The quantitative estimate of drug-likeness (QED) is 0.0199. The summed E-state index contributed by atoms with van der Waals surface area (Å²) < 4.78 is 16.8. The van der Waals surface area contributed by atoms with E-state index in [4.69, 9.17) is 14.2 Å². The van der Waals surface area contributed by atoms with E-state index in [-0.39, 0.29) is 31.1 Å². The van der Waals surface area contributed by atoms with Gasteiger partial charge in [0.05, 0.1) is 0 Å². The molecule has 0 saturated carbocycles. The molecule has 0 bridgehead atoms. The number of carbonyl (C=O) groups is 3. The Bertz CT molecular complexity index is 1380. The van der Waals surface area contributed by atoms with Crippen LogP contribution in [0.3, 0.4) is 0 Å². The fraction of sp³-hybridized carbons (Fsp3) is 0.698. The summed E-state index contributed by atoms with van der Waals surface area (Å²) >= 11 is 0. The van der Waals surface area contributed by atoms with Gasteiger partial charge in [0.25, 0.3) is 0 Å². The van der Waals surface area contributed by atoms with E-state index in [9.17, 15) is 14.4 Å². The van der Waals surface area contributed by atoms with E-state index in [1.54, 1.807) is 0 Å². The first-order valence-corrected chi connectivity index (χ1v) is 28.8. The fourth-order valence-electron chi connectivity index (χ4n) is 7.88. The van der Waals surface area contributed by atoms with Crippen molar-refractivity contribution < 1.29 is 28.6 Å². The topological polar surface area (TPSA) is 78.9 Å². The number of allylic oxidation sites excluding steroid dienone is 16. The zero-order chi connectivity index (χ0) is 50.0. The van der Waals surface area contributed by atoms with E-state index < -0.39 is 6.10 Å². The third-order valence-electron chi connectivity index (χ3n) is 12.1. The molecule has 0 aromatic carbocycles. The van der Waals surface area contributed by atoms with Crippen LogP contribution in [0.15, 0.2) is 97.2 Å². The minimum atomic E-state index is -0.799. The predicted molar refractivity (Wildman–Crippen MR) is 297 cm³/mol. The predicted octanol–water partition coefficient (Wildman–Crippen LogP) is 19.3. The summed E-state index contributed by atoms with van der Waals surface area (Å²) in [6.45, 7) is 6.36. The van der Waals surface area contributed by atoms with Crippen LogP contribution in [0.1, 0.15) is 265 Å². The molecule has 0 saturated heterocycles. The van der Waals surface area contributed by atoms with Crippen molar-refractivity contribution in [1.82, 2.24) is 0 Å². The minimum absolute atomic E-state index is 0.0979. The van der Waals surface area contributed by atoms with Crippen molar-refractivity contribution in [2.75, 3.05) is 13.2 Å². The van der Waals surface area contributed by atoms with E-state index >= 15 is 0 Å². The SMILES string of the molecule is CC/C=C/C=C/C=C/CCCCCCCC(=O)OCC(COC(=O)CCCCC/C=C/C/C=C/C/C=C/C/C=C/C/C=C/CC)OC(=O)CCCCCCCCCCCCCCCCCCCCC. The fourth-order valence-corrected chi connectivity index (χ4v) is 7.88. The van der Waals surface area contributed by atoms with Gasteiger partial charge < -0.3 is 14.2 Å². The molecule has 0 aromatic rings. The lowest BCUT2D eigenvalue weighted by molar-refractivity contribution is -0.167. The normalized spacial score (nSPS) is 12.8. The molecule has 0 N–H and O–H groups in total. The Labute approximate surface area is 426 Å². The Hall–Kier alpha value is -3.67. The van der Waals surface area contributed by atoms with Crippen LogP contribution < -0.4 is 0 Å². The van der Waals surface area contributed by atoms with Gasteiger partial charge in [-0.1, -0.05) is 259 Å². The molecule has 0 amide bonds. The van der Waals surface area contributed by atoms with E-state index in [0.717, 1.165) is 122 Å². The first-order chi connectivity index (χ1) is 34.0. The summed E-state index contributed by atoms with van der Waals surface area (Å²) in [6.07, 6.45) is 75.4. The van der Waals surface area contributed by atoms with E-state index in [1.165, 1.54) is 103 Å². The second-order valence-electron chi connectivity index (χ2n) is 18.9. The summed E-state index contributed by atoms with van der Waals surface area (Å²) in [7, 11) is 0. The second kappa shape index (κ2) is 56.9. The van der Waals surface area contributed by atoms with Gasteiger partial charge in [-0.3, -0.25) is 14.4 Å². The van der Waals surface area contributed by atoms with Crippen molar-refractivity contribution in [2.24, 2.45) is 0 Å². The average molecular weight is 960 g/mol. The molecule has 6 nitrogen and oxygen atoms in total. The summed E-state index contributed by atoms with van der Waals surface area (Å²) in [4.78, 5) is 38.1. The standard InChI is InChI=1S/C63H106O6/c1-4-7-10-13-16-19-22-25-27-29-31-33-35-38-41-44-47-50-53-56-62(65)68-59-60(58-67-61(64)55-52-49-46-43-40-37-24-21-18-15-12-9-6-3)69-63(66)57-54-51-48-45-42-39-36-34-32-30-28-26-23-20-17-14-11-8-5-2/h7,9-10,12,15-16,18-19,21,24-25,27,31,33,38,41,60H,4-6,8,11,13-14,17,20,22-23,26,28-30,32,34-37,39-40,42-59H2,1-3H3/b10-7+,12-9+,18-15+,19-16+,24-21+,27-25+,33-31+,41-38+. The molecule has 69 heavy (non-hydrogen) atoms. The van der Waals surface area contributed by atoms with Crippen LogP contribution in [-0.2, 0) is 28.6 Å². The van der Waals surface area contributed by atoms with Crippen LogP contribution in [0.5, 0.6) is 0 Å². The Morgan fingerprint density at radius 3 is 1.06 bits per heavy atom. The molecule has 0 fully saturated rings. The molecule has 1 atom stereocenters. The van der Waals surface area contributed by atoms with Gasteiger partial charge in [0.15, 0.2) is 6.10 Å². The zero-order valence-corrected chi connectivity index (χ0v) is 45.0. The Morgan fingerprint density at radius 1 is 0.319 bits per heavy atom. The Balaban J connectivity index is 4.43. The van der Waals surface area contributed by atoms with E-state index in [1.807, 2.05) is 0 Å². The van der Waals surface area contributed by atoms with Crippen LogP contribution >= 0.6 is 0 Å². The van der Waals surface area contributed by atoms with Gasteiger partial charge in [0.2, 0.25) is 0 Å². The monoisotopic (exact) mass is 959 g/mol. The molecule has 0 aliphatic carbocycles. The molecule has 0 aromatic heterocycles. The van der Waals surface area contributed by atoms with Crippen LogP contribution in [0.4, 0.5) is 0 Å². The molecule has 0 heterocycles. The molecule has 0 aliphatic heterocycles. The van der Waals surface area contributed by atoms with Crippen molar-refractivity contribution in [2.45, 2.75) is 271 Å². The number of hydrogen-bond donors (Lipinski definition) is 0. The van der Waals surface area contributed by atoms with Gasteiger partial charge in [0, 0.05) is 19.3 Å². The molecule has 0 radical (unpaired) electrons. The Kier molecular flexibility index (Phi) is 53.9. The van der Waals surface area contributed by atoms with Crippen molar-refractivity contribution in [3.63, 3.8) is 0 Å². The van der Waals surface area contributed by atoms with Crippen LogP contribution in [-0.4, -0.2) is 37.2 Å². The van der Waals surface area contributed by atoms with Crippen LogP contribution in [0, 0.1) is 0 Å². The number of carbonyl (C=O) groups excluding carboxylic acids is 3. The maximum absolute atomic E-state index is 12.9. The molecule has 1 unspecified atom stereocenters. The first kappa shape index (κ1) is 65.3. The van der Waals surface area contributed by atoms with Crippen molar-refractivity contribution in [3.8, 4) is 0 Å². The number of unbranched alkanes of at least 4 members (excludes halogenated alkanes) is 26. The van der Waals surface area contributed by atoms with Gasteiger partial charge in [-0.25, -0.2) is 0 Å². The number of ether oxygens (including phenoxy) is 3. The van der Waals surface area contributed by atoms with Gasteiger partial charge >= 0.3 is 17.9 Å². The Morgan fingerprint density at radius 2 is 0.638 bits per heavy atom. The summed E-state index contributed by atoms with van der Waals surface area (Å²) in [5.74, 6) is -0.944. The molecule has 0 rings (SSSR count). The number of hydrogen-bond acceptors (Lipinski definition) is 6. The van der Waals surface area contributed by atoms with E-state index in [2.05, 4.69) is 118 Å². The third kappa shape index (κ3) is 55.1. The molecule has 394 valence electrons. The summed E-state index contributed by atoms with van der Waals surface area (Å²) in [6, 6.07) is 0. The number of esters is 3. The molecular formula is C63H106O6. The first-order valence-electron chi connectivity index (χ1n) is 28.8. The highest BCUT2D eigenvalue weighted by atomic mass is 16.6. The molecular weight excluding hydrogens is 853 g/mol. The molecule has 6 heteroatoms. The van der Waals surface area contributed by atoms with Crippen molar-refractivity contribution in [3.05, 3.63) is 97.2 Å². The largest absolute Gasteiger partial charge is 0.462 e. The smallest absolute Gasteiger partial charge is 0.306 e. The van der Waals surface area contributed by atoms with Gasteiger partial charge in [0.1, 0.15) is 13.2 Å². The summed E-state index contributed by atoms with van der Waals surface area (Å²) in [5, 5.41) is 0. The van der Waals surface area contributed by atoms with Crippen LogP contribution in [0.25, 0.3) is 0 Å². The highest BCUT2D eigenvalue weighted by molar-refractivity contribution is 5.71. The van der Waals surface area contributed by atoms with Gasteiger partial charge in [-0.2, -0.15) is 0 Å². The van der Waals surface area contributed by atoms with Crippen LogP contribution in [0.2, 0.25) is 0 Å². The lowest BCUT2D eigenvalue weighted by Crippen LogP contribution is -2.30. The maximum Gasteiger partial charge on any atom is 0.306 e. The average Bonchev–Trinajstić information content (AvgIpc) is 3.35. The summed E-state index contributed by atoms with van der Waals surface area (Å²) in [5.41, 5.74) is 0. The highest BCUT2D eigenvalue weighted by Crippen LogP contribution is 2.16. The zero-order valence-electron chi connectivity index (χ0n) is 45.0. The lowest BCUT2D eigenvalue weighted by Gasteiger charge is -2.18. The van der Waals surface area contributed by atoms with Crippen molar-refractivity contribution >= 4 is 17.9 Å². The molecule has 0 aliphatic rings. The molecule has 0 spiro atoms. The highest BCUT2D eigenvalue weighted by Gasteiger charge is 2.19. The lowest BCUT2D eigenvalue weighted by atomic mass is 10.0. The minimum Gasteiger partial charge on any atom is -0.462 e. The third-order valence-corrected chi connectivity index (χ3v) is 12.1.